The van der Waals surface area contributed by atoms with Crippen molar-refractivity contribution in [3.63, 3.8) is 0 Å². The van der Waals surface area contributed by atoms with E-state index in [1.807, 2.05) is 25.1 Å². The van der Waals surface area contributed by atoms with Crippen molar-refractivity contribution in [3.05, 3.63) is 28.2 Å². The van der Waals surface area contributed by atoms with Gasteiger partial charge < -0.3 is 16.0 Å². The van der Waals surface area contributed by atoms with Crippen molar-refractivity contribution in [3.8, 4) is 0 Å². The fraction of sp³-hybridized carbons (Fsp3) is 0.556. The predicted octanol–water partition coefficient (Wildman–Crippen LogP) is 4.20. The summed E-state index contributed by atoms with van der Waals surface area (Å²) in [6, 6.07) is 6.38. The van der Waals surface area contributed by atoms with E-state index in [1.54, 1.807) is 0 Å². The Balaban J connectivity index is 0.00000312. The van der Waals surface area contributed by atoms with Crippen molar-refractivity contribution in [2.45, 2.75) is 52.0 Å². The second-order valence-electron chi connectivity index (χ2n) is 6.14. The monoisotopic (exact) mass is 522 g/mol. The van der Waals surface area contributed by atoms with Gasteiger partial charge in [-0.3, -0.25) is 9.79 Å². The number of nitrogens with zero attached hydrogens (tertiary/aromatic N) is 1. The highest BCUT2D eigenvalue weighted by molar-refractivity contribution is 14.0. The molecule has 0 saturated heterocycles. The minimum atomic E-state index is -0.0170. The van der Waals surface area contributed by atoms with Crippen molar-refractivity contribution in [1.29, 1.82) is 0 Å². The third kappa shape index (κ3) is 7.94. The third-order valence-corrected chi connectivity index (χ3v) is 4.62. The molecule has 0 spiro atoms. The lowest BCUT2D eigenvalue weighted by atomic mass is 10.2. The van der Waals surface area contributed by atoms with Crippen LogP contribution in [-0.2, 0) is 4.79 Å². The zero-order chi connectivity index (χ0) is 17.4. The molecule has 7 heteroatoms. The number of benzene rings is 1. The van der Waals surface area contributed by atoms with Crippen LogP contribution in [0.15, 0.2) is 27.7 Å². The van der Waals surface area contributed by atoms with Crippen LogP contribution in [0.25, 0.3) is 0 Å². The molecule has 1 aliphatic rings. The number of aliphatic imine (C=N–C) groups is 1. The van der Waals surface area contributed by atoms with Crippen molar-refractivity contribution < 1.29 is 4.79 Å². The second kappa shape index (κ2) is 11.7. The van der Waals surface area contributed by atoms with Crippen LogP contribution in [0.2, 0.25) is 0 Å². The Labute approximate surface area is 176 Å². The molecular weight excluding hydrogens is 495 g/mol. The number of nitrogens with one attached hydrogen (secondary N) is 3. The van der Waals surface area contributed by atoms with Gasteiger partial charge in [0.25, 0.3) is 0 Å². The Morgan fingerprint density at radius 3 is 2.72 bits per heavy atom. The van der Waals surface area contributed by atoms with Crippen LogP contribution in [0.4, 0.5) is 5.69 Å². The quantitative estimate of drug-likeness (QED) is 0.298. The smallest absolute Gasteiger partial charge is 0.226 e. The van der Waals surface area contributed by atoms with E-state index in [0.29, 0.717) is 19.0 Å². The molecule has 0 bridgehead atoms. The Morgan fingerprint density at radius 1 is 1.32 bits per heavy atom. The Morgan fingerprint density at radius 2 is 2.04 bits per heavy atom. The molecule has 1 aromatic carbocycles. The van der Waals surface area contributed by atoms with Crippen LogP contribution in [-0.4, -0.2) is 31.0 Å². The minimum Gasteiger partial charge on any atom is -0.357 e. The molecule has 1 aliphatic carbocycles. The van der Waals surface area contributed by atoms with Crippen molar-refractivity contribution in [2.24, 2.45) is 4.99 Å². The Kier molecular flexibility index (Phi) is 10.4. The van der Waals surface area contributed by atoms with E-state index in [9.17, 15) is 4.79 Å². The van der Waals surface area contributed by atoms with E-state index in [1.165, 1.54) is 25.7 Å². The zero-order valence-corrected chi connectivity index (χ0v) is 18.8. The number of carbonyl (C=O) groups is 1. The van der Waals surface area contributed by atoms with E-state index in [0.717, 1.165) is 28.2 Å². The fourth-order valence-electron chi connectivity index (χ4n) is 2.79. The summed E-state index contributed by atoms with van der Waals surface area (Å²) in [5, 5.41) is 9.66. The molecule has 3 N–H and O–H groups in total. The minimum absolute atomic E-state index is 0. The van der Waals surface area contributed by atoms with Crippen LogP contribution in [0.3, 0.4) is 0 Å². The number of aryl methyl sites for hydroxylation is 1. The first-order chi connectivity index (χ1) is 11.6. The summed E-state index contributed by atoms with van der Waals surface area (Å²) in [6.45, 7) is 5.33. The largest absolute Gasteiger partial charge is 0.357 e. The maximum atomic E-state index is 12.1. The SMILES string of the molecule is CCNC(=NCCC(=O)Nc1cc(Br)ccc1C)NC1CCCC1.I. The highest BCUT2D eigenvalue weighted by Gasteiger charge is 2.15. The number of guanidine groups is 1. The normalized spacial score (nSPS) is 14.8. The van der Waals surface area contributed by atoms with Gasteiger partial charge >= 0.3 is 0 Å². The Hall–Kier alpha value is -0.830. The fourth-order valence-corrected chi connectivity index (χ4v) is 3.16. The first-order valence-corrected chi connectivity index (χ1v) is 9.48. The van der Waals surface area contributed by atoms with Gasteiger partial charge in [-0.05, 0) is 44.4 Å². The average molecular weight is 523 g/mol. The highest BCUT2D eigenvalue weighted by atomic mass is 127. The summed E-state index contributed by atoms with van der Waals surface area (Å²) in [5.41, 5.74) is 1.89. The number of halogens is 2. The van der Waals surface area contributed by atoms with Gasteiger partial charge in [0.2, 0.25) is 5.91 Å². The Bertz CT molecular complexity index is 588. The number of hydrogen-bond donors (Lipinski definition) is 3. The van der Waals surface area contributed by atoms with Gasteiger partial charge in [-0.2, -0.15) is 0 Å². The molecule has 2 rings (SSSR count). The molecule has 0 radical (unpaired) electrons. The molecule has 140 valence electrons. The van der Waals surface area contributed by atoms with Crippen molar-refractivity contribution in [2.75, 3.05) is 18.4 Å². The third-order valence-electron chi connectivity index (χ3n) is 4.12. The van der Waals surface area contributed by atoms with E-state index < -0.39 is 0 Å². The summed E-state index contributed by atoms with van der Waals surface area (Å²) in [6.07, 6.45) is 5.34. The summed E-state index contributed by atoms with van der Waals surface area (Å²) in [5.74, 6) is 0.799. The van der Waals surface area contributed by atoms with Crippen LogP contribution in [0.5, 0.6) is 0 Å². The second-order valence-corrected chi connectivity index (χ2v) is 7.06. The lowest BCUT2D eigenvalue weighted by Gasteiger charge is -2.16. The van der Waals surface area contributed by atoms with Gasteiger partial charge in [-0.15, -0.1) is 24.0 Å². The molecule has 1 fully saturated rings. The van der Waals surface area contributed by atoms with E-state index >= 15 is 0 Å². The zero-order valence-electron chi connectivity index (χ0n) is 14.9. The molecule has 0 atom stereocenters. The van der Waals surface area contributed by atoms with Gasteiger partial charge in [-0.1, -0.05) is 34.8 Å². The topological polar surface area (TPSA) is 65.5 Å². The molecule has 0 unspecified atom stereocenters. The van der Waals surface area contributed by atoms with Gasteiger partial charge in [0.15, 0.2) is 5.96 Å². The first-order valence-electron chi connectivity index (χ1n) is 8.69. The van der Waals surface area contributed by atoms with E-state index in [2.05, 4.69) is 43.8 Å². The number of amides is 1. The number of rotatable bonds is 6. The molecule has 1 saturated carbocycles. The van der Waals surface area contributed by atoms with Gasteiger partial charge in [-0.25, -0.2) is 0 Å². The molecule has 0 heterocycles. The van der Waals surface area contributed by atoms with Crippen molar-refractivity contribution >= 4 is 57.5 Å². The molecule has 0 aromatic heterocycles. The summed E-state index contributed by atoms with van der Waals surface area (Å²) < 4.78 is 0.955. The maximum Gasteiger partial charge on any atom is 0.226 e. The summed E-state index contributed by atoms with van der Waals surface area (Å²) >= 11 is 3.43. The molecule has 1 amide bonds. The lowest BCUT2D eigenvalue weighted by Crippen LogP contribution is -2.42. The number of hydrogen-bond acceptors (Lipinski definition) is 2. The van der Waals surface area contributed by atoms with E-state index in [4.69, 9.17) is 0 Å². The van der Waals surface area contributed by atoms with Gasteiger partial charge in [0, 0.05) is 29.2 Å². The summed E-state index contributed by atoms with van der Waals surface area (Å²) in [4.78, 5) is 16.6. The van der Waals surface area contributed by atoms with E-state index in [-0.39, 0.29) is 29.9 Å². The highest BCUT2D eigenvalue weighted by Crippen LogP contribution is 2.20. The standard InChI is InChI=1S/C18H27BrN4O.HI/c1-3-20-18(22-15-6-4-5-7-15)21-11-10-17(24)23-16-12-14(19)9-8-13(16)2;/h8-9,12,15H,3-7,10-11H2,1-2H3,(H,23,24)(H2,20,21,22);1H. The summed E-state index contributed by atoms with van der Waals surface area (Å²) in [7, 11) is 0. The molecular formula is C18H28BrIN4O. The predicted molar refractivity (Wildman–Crippen MR) is 119 cm³/mol. The van der Waals surface area contributed by atoms with Crippen LogP contribution in [0, 0.1) is 6.92 Å². The molecule has 0 aliphatic heterocycles. The van der Waals surface area contributed by atoms with Gasteiger partial charge in [0.1, 0.15) is 0 Å². The van der Waals surface area contributed by atoms with Crippen molar-refractivity contribution in [1.82, 2.24) is 10.6 Å². The average Bonchev–Trinajstić information content (AvgIpc) is 3.04. The number of anilines is 1. The molecule has 25 heavy (non-hydrogen) atoms. The first kappa shape index (κ1) is 22.2. The molecule has 1 aromatic rings. The van der Waals surface area contributed by atoms with Crippen LogP contribution in [0.1, 0.15) is 44.6 Å². The maximum absolute atomic E-state index is 12.1. The lowest BCUT2D eigenvalue weighted by molar-refractivity contribution is -0.116. The van der Waals surface area contributed by atoms with Crippen LogP contribution >= 0.6 is 39.9 Å². The van der Waals surface area contributed by atoms with Crippen LogP contribution < -0.4 is 16.0 Å². The number of carbonyl (C=O) groups excluding carboxylic acids is 1. The molecule has 5 nitrogen and oxygen atoms in total. The van der Waals surface area contributed by atoms with Gasteiger partial charge in [0.05, 0.1) is 6.54 Å².